The summed E-state index contributed by atoms with van der Waals surface area (Å²) >= 11 is 6.20. The third-order valence-corrected chi connectivity index (χ3v) is 5.52. The number of nitrogens with one attached hydrogen (secondary N) is 1. The van der Waals surface area contributed by atoms with E-state index < -0.39 is 0 Å². The average Bonchev–Trinajstić information content (AvgIpc) is 3.17. The minimum atomic E-state index is 0.0214. The molecule has 1 amide bonds. The second-order valence-electron chi connectivity index (χ2n) is 7.40. The van der Waals surface area contributed by atoms with E-state index in [1.165, 1.54) is 0 Å². The molecule has 2 heterocycles. The number of likely N-dealkylation sites (tertiary alicyclic amines) is 1. The Bertz CT molecular complexity index is 996. The fourth-order valence-corrected chi connectivity index (χ4v) is 3.80. The summed E-state index contributed by atoms with van der Waals surface area (Å²) in [6.07, 6.45) is 1.62. The molecule has 29 heavy (non-hydrogen) atoms. The van der Waals surface area contributed by atoms with Crippen molar-refractivity contribution < 1.29 is 9.32 Å². The average molecular weight is 411 g/mol. The van der Waals surface area contributed by atoms with Crippen molar-refractivity contribution >= 4 is 23.2 Å². The summed E-state index contributed by atoms with van der Waals surface area (Å²) in [5, 5.41) is 7.68. The van der Waals surface area contributed by atoms with Crippen molar-refractivity contribution in [3.8, 4) is 11.4 Å². The van der Waals surface area contributed by atoms with Crippen LogP contribution < -0.4 is 5.32 Å². The first kappa shape index (κ1) is 19.6. The van der Waals surface area contributed by atoms with Crippen molar-refractivity contribution in [2.75, 3.05) is 18.4 Å². The lowest BCUT2D eigenvalue weighted by Crippen LogP contribution is -2.37. The molecule has 1 aliphatic rings. The molecular formula is C22H23ClN4O2. The molecule has 1 N–H and O–H groups in total. The molecule has 0 radical (unpaired) electrons. The summed E-state index contributed by atoms with van der Waals surface area (Å²) in [4.78, 5) is 19.3. The molecule has 2 aromatic carbocycles. The van der Waals surface area contributed by atoms with Crippen LogP contribution in [0.5, 0.6) is 0 Å². The van der Waals surface area contributed by atoms with Gasteiger partial charge in [-0.2, -0.15) is 4.98 Å². The molecule has 0 aliphatic carbocycles. The number of anilines is 1. The van der Waals surface area contributed by atoms with Gasteiger partial charge in [0.15, 0.2) is 0 Å². The second kappa shape index (κ2) is 8.76. The summed E-state index contributed by atoms with van der Waals surface area (Å²) in [6, 6.07) is 15.3. The van der Waals surface area contributed by atoms with Crippen molar-refractivity contribution in [3.63, 3.8) is 0 Å². The standard InChI is InChI=1S/C22H23ClN4O2/c1-15-5-4-6-17(13-15)24-22(28)16-9-11-27(12-10-16)14-20-25-21(26-29-20)18-7-2-3-8-19(18)23/h2-8,13,16H,9-12,14H2,1H3,(H,24,28). The molecule has 0 saturated carbocycles. The molecule has 1 saturated heterocycles. The first-order valence-corrected chi connectivity index (χ1v) is 10.1. The summed E-state index contributed by atoms with van der Waals surface area (Å²) in [5.41, 5.74) is 2.75. The van der Waals surface area contributed by atoms with Gasteiger partial charge in [0, 0.05) is 17.2 Å². The van der Waals surface area contributed by atoms with E-state index in [0.717, 1.165) is 42.7 Å². The van der Waals surface area contributed by atoms with Gasteiger partial charge in [-0.05, 0) is 62.7 Å². The molecule has 0 bridgehead atoms. The van der Waals surface area contributed by atoms with Crippen LogP contribution in [0.2, 0.25) is 5.02 Å². The van der Waals surface area contributed by atoms with Crippen molar-refractivity contribution in [1.29, 1.82) is 0 Å². The molecular weight excluding hydrogens is 388 g/mol. The van der Waals surface area contributed by atoms with Gasteiger partial charge in [-0.15, -0.1) is 0 Å². The lowest BCUT2D eigenvalue weighted by Gasteiger charge is -2.30. The number of piperidine rings is 1. The maximum Gasteiger partial charge on any atom is 0.241 e. The second-order valence-corrected chi connectivity index (χ2v) is 7.81. The van der Waals surface area contributed by atoms with E-state index in [2.05, 4.69) is 20.4 Å². The van der Waals surface area contributed by atoms with E-state index in [1.54, 1.807) is 6.07 Å². The lowest BCUT2D eigenvalue weighted by atomic mass is 9.96. The van der Waals surface area contributed by atoms with Crippen LogP contribution >= 0.6 is 11.6 Å². The van der Waals surface area contributed by atoms with Crippen LogP contribution in [0.3, 0.4) is 0 Å². The number of hydrogen-bond donors (Lipinski definition) is 1. The maximum absolute atomic E-state index is 12.6. The highest BCUT2D eigenvalue weighted by Crippen LogP contribution is 2.26. The minimum absolute atomic E-state index is 0.0214. The number of carbonyl (C=O) groups is 1. The van der Waals surface area contributed by atoms with Gasteiger partial charge in [0.25, 0.3) is 0 Å². The van der Waals surface area contributed by atoms with Crippen molar-refractivity contribution in [2.24, 2.45) is 5.92 Å². The molecule has 150 valence electrons. The van der Waals surface area contributed by atoms with Crippen molar-refractivity contribution in [1.82, 2.24) is 15.0 Å². The Kier molecular flexibility index (Phi) is 5.92. The normalized spacial score (nSPS) is 15.4. The van der Waals surface area contributed by atoms with Crippen molar-refractivity contribution in [2.45, 2.75) is 26.3 Å². The number of nitrogens with zero attached hydrogens (tertiary/aromatic N) is 3. The minimum Gasteiger partial charge on any atom is -0.338 e. The Labute approximate surface area is 174 Å². The van der Waals surface area contributed by atoms with E-state index in [0.29, 0.717) is 23.3 Å². The zero-order chi connectivity index (χ0) is 20.2. The van der Waals surface area contributed by atoms with E-state index in [-0.39, 0.29) is 11.8 Å². The molecule has 3 aromatic rings. The molecule has 6 nitrogen and oxygen atoms in total. The van der Waals surface area contributed by atoms with Crippen LogP contribution in [0, 0.1) is 12.8 Å². The van der Waals surface area contributed by atoms with Gasteiger partial charge in [0.05, 0.1) is 11.6 Å². The lowest BCUT2D eigenvalue weighted by molar-refractivity contribution is -0.121. The summed E-state index contributed by atoms with van der Waals surface area (Å²) in [7, 11) is 0. The van der Waals surface area contributed by atoms with Crippen LogP contribution in [0.15, 0.2) is 53.1 Å². The highest BCUT2D eigenvalue weighted by Gasteiger charge is 2.26. The smallest absolute Gasteiger partial charge is 0.241 e. The number of halogens is 1. The topological polar surface area (TPSA) is 71.3 Å². The molecule has 0 unspecified atom stereocenters. The van der Waals surface area contributed by atoms with Crippen LogP contribution in [0.25, 0.3) is 11.4 Å². The zero-order valence-corrected chi connectivity index (χ0v) is 17.0. The summed E-state index contributed by atoms with van der Waals surface area (Å²) in [5.74, 6) is 1.17. The summed E-state index contributed by atoms with van der Waals surface area (Å²) in [6.45, 7) is 4.22. The highest BCUT2D eigenvalue weighted by atomic mass is 35.5. The molecule has 1 aromatic heterocycles. The Morgan fingerprint density at radius 2 is 2.00 bits per heavy atom. The van der Waals surface area contributed by atoms with Gasteiger partial charge in [0.1, 0.15) is 0 Å². The van der Waals surface area contributed by atoms with Gasteiger partial charge >= 0.3 is 0 Å². The van der Waals surface area contributed by atoms with Crippen molar-refractivity contribution in [3.05, 3.63) is 65.0 Å². The number of aryl methyl sites for hydroxylation is 1. The van der Waals surface area contributed by atoms with Crippen LogP contribution in [0.4, 0.5) is 5.69 Å². The number of carbonyl (C=O) groups excluding carboxylic acids is 1. The monoisotopic (exact) mass is 410 g/mol. The van der Waals surface area contributed by atoms with Gasteiger partial charge in [-0.3, -0.25) is 9.69 Å². The number of amides is 1. The Balaban J connectivity index is 1.30. The zero-order valence-electron chi connectivity index (χ0n) is 16.3. The van der Waals surface area contributed by atoms with Gasteiger partial charge < -0.3 is 9.84 Å². The Morgan fingerprint density at radius 1 is 1.21 bits per heavy atom. The Hall–Kier alpha value is -2.70. The molecule has 1 aliphatic heterocycles. The fourth-order valence-electron chi connectivity index (χ4n) is 3.58. The number of rotatable bonds is 5. The van der Waals surface area contributed by atoms with E-state index in [9.17, 15) is 4.79 Å². The molecule has 0 spiro atoms. The third-order valence-electron chi connectivity index (χ3n) is 5.19. The van der Waals surface area contributed by atoms with Crippen LogP contribution in [0.1, 0.15) is 24.3 Å². The third kappa shape index (κ3) is 4.83. The molecule has 0 atom stereocenters. The number of aromatic nitrogens is 2. The van der Waals surface area contributed by atoms with Crippen LogP contribution in [-0.2, 0) is 11.3 Å². The molecule has 1 fully saturated rings. The SMILES string of the molecule is Cc1cccc(NC(=O)C2CCN(Cc3nc(-c4ccccc4Cl)no3)CC2)c1. The largest absolute Gasteiger partial charge is 0.338 e. The first-order chi connectivity index (χ1) is 14.1. The fraction of sp³-hybridized carbons (Fsp3) is 0.318. The van der Waals surface area contributed by atoms with Gasteiger partial charge in [-0.1, -0.05) is 41.0 Å². The molecule has 4 rings (SSSR count). The van der Waals surface area contributed by atoms with Gasteiger partial charge in [-0.25, -0.2) is 0 Å². The quantitative estimate of drug-likeness (QED) is 0.668. The first-order valence-electron chi connectivity index (χ1n) is 9.76. The number of hydrogen-bond acceptors (Lipinski definition) is 5. The van der Waals surface area contributed by atoms with E-state index >= 15 is 0 Å². The summed E-state index contributed by atoms with van der Waals surface area (Å²) < 4.78 is 5.40. The molecule has 7 heteroatoms. The van der Waals surface area contributed by atoms with Crippen LogP contribution in [-0.4, -0.2) is 34.0 Å². The predicted octanol–water partition coefficient (Wildman–Crippen LogP) is 4.55. The Morgan fingerprint density at radius 3 is 2.76 bits per heavy atom. The highest BCUT2D eigenvalue weighted by molar-refractivity contribution is 6.33. The van der Waals surface area contributed by atoms with Gasteiger partial charge in [0.2, 0.25) is 17.6 Å². The van der Waals surface area contributed by atoms with E-state index in [4.69, 9.17) is 16.1 Å². The number of benzene rings is 2. The maximum atomic E-state index is 12.6. The van der Waals surface area contributed by atoms with E-state index in [1.807, 2.05) is 49.4 Å². The predicted molar refractivity (Wildman–Crippen MR) is 113 cm³/mol.